The lowest BCUT2D eigenvalue weighted by molar-refractivity contribution is -0.139. The predicted molar refractivity (Wildman–Crippen MR) is 79.7 cm³/mol. The fraction of sp³-hybridized carbons (Fsp3) is 0.500. The lowest BCUT2D eigenvalue weighted by Crippen LogP contribution is -2.20. The van der Waals surface area contributed by atoms with E-state index in [1.165, 1.54) is 6.92 Å². The number of benzene rings is 1. The number of amides is 1. The summed E-state index contributed by atoms with van der Waals surface area (Å²) in [6.45, 7) is 5.56. The van der Waals surface area contributed by atoms with Crippen LogP contribution in [0.5, 0.6) is 5.75 Å². The van der Waals surface area contributed by atoms with Gasteiger partial charge in [0.25, 0.3) is 0 Å². The Hall–Kier alpha value is -1.84. The number of unbranched alkanes of at least 4 members (excludes halogenated alkanes) is 1. The van der Waals surface area contributed by atoms with Crippen LogP contribution in [0.1, 0.15) is 46.5 Å². The van der Waals surface area contributed by atoms with Gasteiger partial charge in [-0.2, -0.15) is 0 Å². The Labute approximate surface area is 120 Å². The van der Waals surface area contributed by atoms with Crippen LogP contribution in [0, 0.1) is 5.92 Å². The Morgan fingerprint density at radius 3 is 2.35 bits per heavy atom. The third-order valence-corrected chi connectivity index (χ3v) is 3.13. The molecule has 0 bridgehead atoms. The topological polar surface area (TPSA) is 55.4 Å². The zero-order valence-electron chi connectivity index (χ0n) is 12.4. The molecule has 20 heavy (non-hydrogen) atoms. The van der Waals surface area contributed by atoms with Crippen molar-refractivity contribution in [2.75, 3.05) is 5.32 Å². The van der Waals surface area contributed by atoms with Crippen molar-refractivity contribution in [3.8, 4) is 5.75 Å². The molecule has 1 amide bonds. The number of carbonyl (C=O) groups is 2. The number of hydrogen-bond donors (Lipinski definition) is 1. The maximum Gasteiger partial charge on any atom is 0.314 e. The van der Waals surface area contributed by atoms with Crippen LogP contribution in [0.2, 0.25) is 0 Å². The van der Waals surface area contributed by atoms with Crippen LogP contribution >= 0.6 is 0 Å². The lowest BCUT2D eigenvalue weighted by Gasteiger charge is -2.13. The Kier molecular flexibility index (Phi) is 6.77. The van der Waals surface area contributed by atoms with E-state index in [0.717, 1.165) is 25.7 Å². The second-order valence-corrected chi connectivity index (χ2v) is 4.87. The number of anilines is 1. The second kappa shape index (κ2) is 8.35. The molecule has 4 heteroatoms. The van der Waals surface area contributed by atoms with E-state index in [9.17, 15) is 9.59 Å². The molecule has 0 fully saturated rings. The highest BCUT2D eigenvalue weighted by atomic mass is 16.5. The Balaban J connectivity index is 2.58. The zero-order chi connectivity index (χ0) is 15.0. The van der Waals surface area contributed by atoms with Crippen molar-refractivity contribution in [3.05, 3.63) is 24.3 Å². The van der Waals surface area contributed by atoms with Crippen LogP contribution in [-0.2, 0) is 9.59 Å². The molecule has 1 atom stereocenters. The number of hydrogen-bond acceptors (Lipinski definition) is 3. The van der Waals surface area contributed by atoms with E-state index >= 15 is 0 Å². The number of nitrogens with one attached hydrogen (secondary N) is 1. The van der Waals surface area contributed by atoms with Crippen molar-refractivity contribution >= 4 is 17.6 Å². The van der Waals surface area contributed by atoms with Gasteiger partial charge in [-0.1, -0.05) is 26.7 Å². The number of ether oxygens (including phenoxy) is 1. The third-order valence-electron chi connectivity index (χ3n) is 3.13. The van der Waals surface area contributed by atoms with Crippen LogP contribution in [-0.4, -0.2) is 11.9 Å². The van der Waals surface area contributed by atoms with Crippen molar-refractivity contribution in [1.82, 2.24) is 0 Å². The Bertz CT molecular complexity index is 440. The van der Waals surface area contributed by atoms with Crippen molar-refractivity contribution in [2.24, 2.45) is 5.92 Å². The van der Waals surface area contributed by atoms with E-state index in [2.05, 4.69) is 12.2 Å². The van der Waals surface area contributed by atoms with Gasteiger partial charge in [-0.15, -0.1) is 0 Å². The fourth-order valence-corrected chi connectivity index (χ4v) is 1.95. The van der Waals surface area contributed by atoms with E-state index in [1.54, 1.807) is 24.3 Å². The van der Waals surface area contributed by atoms with Crippen molar-refractivity contribution in [1.29, 1.82) is 0 Å². The van der Waals surface area contributed by atoms with Gasteiger partial charge in [0.15, 0.2) is 0 Å². The molecule has 110 valence electrons. The number of rotatable bonds is 7. The van der Waals surface area contributed by atoms with E-state index in [4.69, 9.17) is 4.74 Å². The first-order valence-corrected chi connectivity index (χ1v) is 7.16. The van der Waals surface area contributed by atoms with Gasteiger partial charge in [-0.3, -0.25) is 9.59 Å². The van der Waals surface area contributed by atoms with Crippen LogP contribution in [0.3, 0.4) is 0 Å². The first-order valence-electron chi connectivity index (χ1n) is 7.16. The minimum absolute atomic E-state index is 0.0371. The maximum absolute atomic E-state index is 12.0. The normalized spacial score (nSPS) is 11.8. The van der Waals surface area contributed by atoms with E-state index in [0.29, 0.717) is 11.4 Å². The van der Waals surface area contributed by atoms with Crippen LogP contribution in [0.15, 0.2) is 24.3 Å². The molecule has 0 heterocycles. The van der Waals surface area contributed by atoms with Gasteiger partial charge in [-0.25, -0.2) is 0 Å². The molecule has 0 spiro atoms. The summed E-state index contributed by atoms with van der Waals surface area (Å²) in [5.41, 5.74) is 0.690. The molecule has 1 aromatic carbocycles. The minimum atomic E-state index is -0.173. The van der Waals surface area contributed by atoms with Gasteiger partial charge in [0.05, 0.1) is 5.92 Å². The minimum Gasteiger partial charge on any atom is -0.426 e. The molecule has 0 aliphatic rings. The van der Waals surface area contributed by atoms with E-state index in [-0.39, 0.29) is 17.8 Å². The Morgan fingerprint density at radius 2 is 1.85 bits per heavy atom. The summed E-state index contributed by atoms with van der Waals surface area (Å²) >= 11 is 0. The molecule has 1 N–H and O–H groups in total. The van der Waals surface area contributed by atoms with Gasteiger partial charge in [-0.05, 0) is 37.1 Å². The van der Waals surface area contributed by atoms with Gasteiger partial charge >= 0.3 is 5.97 Å². The van der Waals surface area contributed by atoms with Crippen molar-refractivity contribution in [3.63, 3.8) is 0 Å². The Morgan fingerprint density at radius 1 is 1.20 bits per heavy atom. The molecule has 1 rings (SSSR count). The van der Waals surface area contributed by atoms with Gasteiger partial charge in [0, 0.05) is 12.6 Å². The summed E-state index contributed by atoms with van der Waals surface area (Å²) in [6.07, 6.45) is 3.78. The highest BCUT2D eigenvalue weighted by Gasteiger charge is 2.18. The third kappa shape index (κ3) is 5.43. The first-order chi connectivity index (χ1) is 9.56. The highest BCUT2D eigenvalue weighted by molar-refractivity contribution is 5.88. The zero-order valence-corrected chi connectivity index (χ0v) is 12.4. The second-order valence-electron chi connectivity index (χ2n) is 4.87. The lowest BCUT2D eigenvalue weighted by atomic mass is 10.00. The van der Waals surface area contributed by atoms with E-state index < -0.39 is 0 Å². The molecular weight excluding hydrogens is 254 g/mol. The summed E-state index contributed by atoms with van der Waals surface area (Å²) in [7, 11) is 0. The molecule has 0 aromatic heterocycles. The van der Waals surface area contributed by atoms with Crippen LogP contribution in [0.4, 0.5) is 5.69 Å². The highest BCUT2D eigenvalue weighted by Crippen LogP contribution is 2.20. The standard InChI is InChI=1S/C16H23NO3/c1-4-6-7-13(5-2)16(19)20-15-10-8-14(9-11-15)17-12(3)18/h8-11,13H,4-7H2,1-3H3,(H,17,18). The summed E-state index contributed by atoms with van der Waals surface area (Å²) in [4.78, 5) is 22.9. The van der Waals surface area contributed by atoms with Crippen LogP contribution in [0.25, 0.3) is 0 Å². The molecule has 0 aliphatic carbocycles. The van der Waals surface area contributed by atoms with E-state index in [1.807, 2.05) is 6.92 Å². The molecule has 1 aromatic rings. The molecular formula is C16H23NO3. The number of carbonyl (C=O) groups excluding carboxylic acids is 2. The maximum atomic E-state index is 12.0. The molecule has 4 nitrogen and oxygen atoms in total. The van der Waals surface area contributed by atoms with Gasteiger partial charge in [0.1, 0.15) is 5.75 Å². The first kappa shape index (κ1) is 16.2. The summed E-state index contributed by atoms with van der Waals surface area (Å²) in [5, 5.41) is 2.67. The summed E-state index contributed by atoms with van der Waals surface area (Å²) in [6, 6.07) is 6.82. The molecule has 0 radical (unpaired) electrons. The van der Waals surface area contributed by atoms with Gasteiger partial charge < -0.3 is 10.1 Å². The largest absolute Gasteiger partial charge is 0.426 e. The fourth-order valence-electron chi connectivity index (χ4n) is 1.95. The van der Waals surface area contributed by atoms with Crippen LogP contribution < -0.4 is 10.1 Å². The molecule has 1 unspecified atom stereocenters. The van der Waals surface area contributed by atoms with Gasteiger partial charge in [0.2, 0.25) is 5.91 Å². The number of esters is 1. The average molecular weight is 277 g/mol. The predicted octanol–water partition coefficient (Wildman–Crippen LogP) is 3.77. The smallest absolute Gasteiger partial charge is 0.314 e. The van der Waals surface area contributed by atoms with Crippen molar-refractivity contribution in [2.45, 2.75) is 46.5 Å². The average Bonchev–Trinajstić information content (AvgIpc) is 2.41. The summed E-state index contributed by atoms with van der Waals surface area (Å²) in [5.74, 6) is 0.178. The molecule has 0 aliphatic heterocycles. The quantitative estimate of drug-likeness (QED) is 0.609. The summed E-state index contributed by atoms with van der Waals surface area (Å²) < 4.78 is 5.37. The SMILES string of the molecule is CCCCC(CC)C(=O)Oc1ccc(NC(C)=O)cc1. The molecule has 0 saturated heterocycles. The monoisotopic (exact) mass is 277 g/mol. The van der Waals surface area contributed by atoms with Crippen molar-refractivity contribution < 1.29 is 14.3 Å². The molecule has 0 saturated carbocycles.